The number of ether oxygens (including phenoxy) is 2. The van der Waals surface area contributed by atoms with Crippen molar-refractivity contribution in [3.63, 3.8) is 0 Å². The molecule has 0 spiro atoms. The standard InChI is InChI=1S/C12H16ClN3O2S/c1-4-7-5-8-10(14-6-9(17-2)18-3)15-12(13)16-11(8)19-7/h5,9H,4,6H2,1-3H3,(H,14,15,16). The SMILES string of the molecule is CCc1cc2c(NCC(OC)OC)nc(Cl)nc2s1. The van der Waals surface area contributed by atoms with Gasteiger partial charge in [-0.3, -0.25) is 0 Å². The first kappa shape index (κ1) is 14.5. The smallest absolute Gasteiger partial charge is 0.225 e. The summed E-state index contributed by atoms with van der Waals surface area (Å²) in [5.74, 6) is 0.713. The molecule has 0 unspecified atom stereocenters. The Morgan fingerprint density at radius 3 is 2.74 bits per heavy atom. The summed E-state index contributed by atoms with van der Waals surface area (Å²) in [6.07, 6.45) is 0.643. The highest BCUT2D eigenvalue weighted by Gasteiger charge is 2.12. The number of nitrogens with one attached hydrogen (secondary N) is 1. The molecule has 0 saturated heterocycles. The summed E-state index contributed by atoms with van der Waals surface area (Å²) in [4.78, 5) is 10.6. The number of aryl methyl sites for hydroxylation is 1. The fraction of sp³-hybridized carbons (Fsp3) is 0.500. The van der Waals surface area contributed by atoms with Gasteiger partial charge in [0, 0.05) is 19.1 Å². The van der Waals surface area contributed by atoms with Crippen molar-refractivity contribution in [2.75, 3.05) is 26.1 Å². The van der Waals surface area contributed by atoms with Gasteiger partial charge in [0.25, 0.3) is 0 Å². The number of fused-ring (bicyclic) bond motifs is 1. The van der Waals surface area contributed by atoms with Crippen LogP contribution in [0.25, 0.3) is 10.2 Å². The largest absolute Gasteiger partial charge is 0.364 e. The normalized spacial score (nSPS) is 11.4. The third-order valence-corrected chi connectivity index (χ3v) is 4.07. The van der Waals surface area contributed by atoms with Crippen molar-refractivity contribution >= 4 is 39.0 Å². The zero-order valence-electron chi connectivity index (χ0n) is 11.1. The minimum absolute atomic E-state index is 0.242. The lowest BCUT2D eigenvalue weighted by Crippen LogP contribution is -2.24. The third-order valence-electron chi connectivity index (χ3n) is 2.73. The van der Waals surface area contributed by atoms with Gasteiger partial charge in [-0.2, -0.15) is 0 Å². The molecule has 0 bridgehead atoms. The molecular weight excluding hydrogens is 286 g/mol. The third kappa shape index (κ3) is 3.33. The maximum Gasteiger partial charge on any atom is 0.225 e. The Kier molecular flexibility index (Phi) is 4.93. The van der Waals surface area contributed by atoms with Crippen molar-refractivity contribution in [2.45, 2.75) is 19.6 Å². The number of hydrogen-bond acceptors (Lipinski definition) is 6. The zero-order chi connectivity index (χ0) is 13.8. The number of methoxy groups -OCH3 is 2. The van der Waals surface area contributed by atoms with E-state index in [0.29, 0.717) is 12.4 Å². The molecule has 0 amide bonds. The van der Waals surface area contributed by atoms with E-state index in [1.165, 1.54) is 4.88 Å². The highest BCUT2D eigenvalue weighted by atomic mass is 35.5. The maximum absolute atomic E-state index is 5.94. The van der Waals surface area contributed by atoms with Crippen molar-refractivity contribution in [1.82, 2.24) is 9.97 Å². The molecule has 2 heterocycles. The molecule has 0 saturated carbocycles. The van der Waals surface area contributed by atoms with E-state index in [9.17, 15) is 0 Å². The minimum Gasteiger partial charge on any atom is -0.364 e. The fourth-order valence-corrected chi connectivity index (χ4v) is 2.88. The second kappa shape index (κ2) is 6.47. The highest BCUT2D eigenvalue weighted by Crippen LogP contribution is 2.30. The topological polar surface area (TPSA) is 56.3 Å². The molecule has 0 aliphatic rings. The molecule has 2 aromatic heterocycles. The van der Waals surface area contributed by atoms with Crippen LogP contribution >= 0.6 is 22.9 Å². The lowest BCUT2D eigenvalue weighted by molar-refractivity contribution is -0.0914. The molecule has 2 rings (SSSR count). The van der Waals surface area contributed by atoms with Gasteiger partial charge < -0.3 is 14.8 Å². The van der Waals surface area contributed by atoms with Crippen LogP contribution < -0.4 is 5.32 Å². The first-order chi connectivity index (χ1) is 9.17. The molecule has 104 valence electrons. The first-order valence-electron chi connectivity index (χ1n) is 5.93. The van der Waals surface area contributed by atoms with Crippen LogP contribution in [0.1, 0.15) is 11.8 Å². The Hall–Kier alpha value is -0.950. The van der Waals surface area contributed by atoms with Gasteiger partial charge in [-0.15, -0.1) is 11.3 Å². The summed E-state index contributed by atoms with van der Waals surface area (Å²) in [6.45, 7) is 2.60. The first-order valence-corrected chi connectivity index (χ1v) is 7.12. The fourth-order valence-electron chi connectivity index (χ4n) is 1.70. The van der Waals surface area contributed by atoms with Crippen LogP contribution in [0.2, 0.25) is 5.28 Å². The zero-order valence-corrected chi connectivity index (χ0v) is 12.6. The van der Waals surface area contributed by atoms with Crippen LogP contribution in [0.3, 0.4) is 0 Å². The van der Waals surface area contributed by atoms with E-state index in [1.807, 2.05) is 0 Å². The van der Waals surface area contributed by atoms with E-state index in [4.69, 9.17) is 21.1 Å². The van der Waals surface area contributed by atoms with E-state index in [1.54, 1.807) is 25.6 Å². The number of aromatic nitrogens is 2. The van der Waals surface area contributed by atoms with Crippen molar-refractivity contribution < 1.29 is 9.47 Å². The molecule has 1 N–H and O–H groups in total. The number of thiophene rings is 1. The summed E-state index contributed by atoms with van der Waals surface area (Å²) in [5.41, 5.74) is 0. The van der Waals surface area contributed by atoms with Gasteiger partial charge in [0.05, 0.1) is 11.9 Å². The lowest BCUT2D eigenvalue weighted by atomic mass is 10.3. The molecule has 0 aliphatic carbocycles. The van der Waals surface area contributed by atoms with Crippen LogP contribution in [0, 0.1) is 0 Å². The summed E-state index contributed by atoms with van der Waals surface area (Å²) in [7, 11) is 3.19. The molecule has 5 nitrogen and oxygen atoms in total. The average Bonchev–Trinajstić information content (AvgIpc) is 2.82. The minimum atomic E-state index is -0.326. The summed E-state index contributed by atoms with van der Waals surface area (Å²) in [5, 5.41) is 4.41. The van der Waals surface area contributed by atoms with Gasteiger partial charge in [0.2, 0.25) is 5.28 Å². The van der Waals surface area contributed by atoms with Gasteiger partial charge in [0.15, 0.2) is 6.29 Å². The lowest BCUT2D eigenvalue weighted by Gasteiger charge is -2.14. The van der Waals surface area contributed by atoms with Gasteiger partial charge in [0.1, 0.15) is 10.6 Å². The maximum atomic E-state index is 5.94. The average molecular weight is 302 g/mol. The monoisotopic (exact) mass is 301 g/mol. The molecular formula is C12H16ClN3O2S. The predicted molar refractivity (Wildman–Crippen MR) is 78.1 cm³/mol. The molecule has 0 aliphatic heterocycles. The Balaban J connectivity index is 2.28. The number of halogens is 1. The number of rotatable bonds is 6. The van der Waals surface area contributed by atoms with E-state index in [-0.39, 0.29) is 11.6 Å². The van der Waals surface area contributed by atoms with Crippen molar-refractivity contribution in [3.8, 4) is 0 Å². The number of nitrogens with zero attached hydrogens (tertiary/aromatic N) is 2. The molecule has 0 radical (unpaired) electrons. The van der Waals surface area contributed by atoms with Crippen molar-refractivity contribution in [2.24, 2.45) is 0 Å². The quantitative estimate of drug-likeness (QED) is 0.657. The predicted octanol–water partition coefficient (Wildman–Crippen LogP) is 2.94. The van der Waals surface area contributed by atoms with Crippen LogP contribution in [0.5, 0.6) is 0 Å². The summed E-state index contributed by atoms with van der Waals surface area (Å²) >= 11 is 7.57. The molecule has 2 aromatic rings. The van der Waals surface area contributed by atoms with E-state index in [0.717, 1.165) is 16.6 Å². The second-order valence-corrected chi connectivity index (χ2v) is 5.36. The van der Waals surface area contributed by atoms with Gasteiger partial charge >= 0.3 is 0 Å². The summed E-state index contributed by atoms with van der Waals surface area (Å²) < 4.78 is 10.3. The van der Waals surface area contributed by atoms with E-state index >= 15 is 0 Å². The number of anilines is 1. The highest BCUT2D eigenvalue weighted by molar-refractivity contribution is 7.18. The molecule has 7 heteroatoms. The molecule has 0 fully saturated rings. The van der Waals surface area contributed by atoms with E-state index in [2.05, 4.69) is 28.3 Å². The van der Waals surface area contributed by atoms with Crippen LogP contribution in [-0.4, -0.2) is 37.0 Å². The van der Waals surface area contributed by atoms with Gasteiger partial charge in [-0.05, 0) is 24.1 Å². The van der Waals surface area contributed by atoms with Gasteiger partial charge in [-0.25, -0.2) is 9.97 Å². The van der Waals surface area contributed by atoms with Crippen LogP contribution in [-0.2, 0) is 15.9 Å². The molecule has 0 aromatic carbocycles. The van der Waals surface area contributed by atoms with Crippen LogP contribution in [0.15, 0.2) is 6.07 Å². The van der Waals surface area contributed by atoms with Gasteiger partial charge in [-0.1, -0.05) is 6.92 Å². The Labute approximate surface area is 120 Å². The summed E-state index contributed by atoms with van der Waals surface area (Å²) in [6, 6.07) is 2.09. The van der Waals surface area contributed by atoms with Crippen molar-refractivity contribution in [1.29, 1.82) is 0 Å². The second-order valence-electron chi connectivity index (χ2n) is 3.91. The molecule has 0 atom stereocenters. The molecule has 19 heavy (non-hydrogen) atoms. The van der Waals surface area contributed by atoms with Crippen LogP contribution in [0.4, 0.5) is 5.82 Å². The Morgan fingerprint density at radius 2 is 2.11 bits per heavy atom. The van der Waals surface area contributed by atoms with E-state index < -0.39 is 0 Å². The Bertz CT molecular complexity index is 557. The number of hydrogen-bond donors (Lipinski definition) is 1. The Morgan fingerprint density at radius 1 is 1.37 bits per heavy atom. The van der Waals surface area contributed by atoms with Crippen molar-refractivity contribution in [3.05, 3.63) is 16.2 Å².